The monoisotopic (exact) mass is 537 g/mol. The van der Waals surface area contributed by atoms with Crippen LogP contribution in [0.15, 0.2) is 88.1 Å². The van der Waals surface area contributed by atoms with Crippen molar-refractivity contribution >= 4 is 51.4 Å². The summed E-state index contributed by atoms with van der Waals surface area (Å²) in [4.78, 5) is 9.15. The second-order valence-corrected chi connectivity index (χ2v) is 9.93. The van der Waals surface area contributed by atoms with E-state index >= 15 is 0 Å². The lowest BCUT2D eigenvalue weighted by molar-refractivity contribution is 0.568. The largest absolute Gasteiger partial charge is 0.472 e. The number of anilines is 3. The second-order valence-electron chi connectivity index (χ2n) is 7.78. The lowest BCUT2D eigenvalue weighted by atomic mass is 10.0. The summed E-state index contributed by atoms with van der Waals surface area (Å²) in [5, 5.41) is 9.30. The van der Waals surface area contributed by atoms with Crippen molar-refractivity contribution in [1.29, 1.82) is 0 Å². The number of pyridine rings is 1. The fraction of sp³-hybridized carbons (Fsp3) is 0.0769. The summed E-state index contributed by atoms with van der Waals surface area (Å²) < 4.78 is 23.2. The number of hydrogen-bond donors (Lipinski definition) is 3. The third-order valence-electron chi connectivity index (χ3n) is 5.34. The van der Waals surface area contributed by atoms with E-state index in [1.54, 1.807) is 31.0 Å². The average molecular weight is 538 g/mol. The predicted octanol–water partition coefficient (Wildman–Crippen LogP) is 7.84. The molecule has 0 aliphatic heterocycles. The van der Waals surface area contributed by atoms with Crippen LogP contribution in [0.4, 0.5) is 20.9 Å². The van der Waals surface area contributed by atoms with Crippen LogP contribution in [-0.4, -0.2) is 17.0 Å². The minimum absolute atomic E-state index is 0.367. The molecule has 6 nitrogen and oxygen atoms in total. The van der Waals surface area contributed by atoms with Crippen LogP contribution >= 0.6 is 34.9 Å². The molecule has 0 bridgehead atoms. The van der Waals surface area contributed by atoms with Gasteiger partial charge < -0.3 is 19.8 Å². The maximum absolute atomic E-state index is 14.9. The zero-order valence-corrected chi connectivity index (χ0v) is 21.5. The average Bonchev–Trinajstić information content (AvgIpc) is 3.61. The van der Waals surface area contributed by atoms with Crippen molar-refractivity contribution in [2.75, 3.05) is 17.1 Å². The molecule has 3 N–H and O–H groups in total. The van der Waals surface area contributed by atoms with E-state index in [-0.39, 0.29) is 0 Å². The minimum Gasteiger partial charge on any atom is -0.472 e. The Morgan fingerprint density at radius 1 is 1.06 bits per heavy atom. The topological polar surface area (TPSA) is 75.0 Å². The zero-order chi connectivity index (χ0) is 24.9. The molecule has 10 heteroatoms. The number of hydrogen-bond acceptors (Lipinski definition) is 8. The summed E-state index contributed by atoms with van der Waals surface area (Å²) in [6, 6.07) is 15.0. The molecule has 0 unspecified atom stereocenters. The molecule has 0 saturated carbocycles. The van der Waals surface area contributed by atoms with E-state index < -0.39 is 5.82 Å². The molecule has 0 radical (unpaired) electrons. The van der Waals surface area contributed by atoms with Gasteiger partial charge in [0, 0.05) is 40.9 Å². The number of rotatable bonds is 9. The van der Waals surface area contributed by atoms with E-state index in [2.05, 4.69) is 37.5 Å². The fourth-order valence-electron chi connectivity index (χ4n) is 3.59. The summed E-state index contributed by atoms with van der Waals surface area (Å²) in [6.45, 7) is 0.798. The number of nitrogens with one attached hydrogen (secondary N) is 3. The third kappa shape index (κ3) is 5.55. The Balaban J connectivity index is 1.43. The Morgan fingerprint density at radius 2 is 1.92 bits per heavy atom. The van der Waals surface area contributed by atoms with Crippen LogP contribution in [0.25, 0.3) is 22.4 Å². The fourth-order valence-corrected chi connectivity index (χ4v) is 5.14. The normalized spacial score (nSPS) is 11.0. The molecule has 5 rings (SSSR count). The van der Waals surface area contributed by atoms with Crippen molar-refractivity contribution in [2.24, 2.45) is 0 Å². The molecule has 0 aliphatic rings. The van der Waals surface area contributed by atoms with Gasteiger partial charge in [-0.05, 0) is 42.8 Å². The molecule has 3 heterocycles. The zero-order valence-electron chi connectivity index (χ0n) is 19.1. The first-order valence-electron chi connectivity index (χ1n) is 11.0. The van der Waals surface area contributed by atoms with E-state index in [0.29, 0.717) is 26.4 Å². The van der Waals surface area contributed by atoms with Crippen molar-refractivity contribution < 1.29 is 8.81 Å². The van der Waals surface area contributed by atoms with E-state index in [0.717, 1.165) is 40.9 Å². The van der Waals surface area contributed by atoms with Gasteiger partial charge in [0.25, 0.3) is 0 Å². The molecule has 0 amide bonds. The van der Waals surface area contributed by atoms with Crippen LogP contribution in [0.2, 0.25) is 5.02 Å². The smallest absolute Gasteiger partial charge is 0.192 e. The number of halogens is 2. The van der Waals surface area contributed by atoms with Gasteiger partial charge in [0.15, 0.2) is 5.13 Å². The van der Waals surface area contributed by atoms with Gasteiger partial charge in [0.05, 0.1) is 45.7 Å². The van der Waals surface area contributed by atoms with E-state index in [9.17, 15) is 4.39 Å². The van der Waals surface area contributed by atoms with Crippen molar-refractivity contribution in [3.63, 3.8) is 0 Å². The van der Waals surface area contributed by atoms with Crippen molar-refractivity contribution in [3.8, 4) is 22.4 Å². The number of thiazole rings is 1. The lowest BCUT2D eigenvalue weighted by Crippen LogP contribution is -2.04. The van der Waals surface area contributed by atoms with Crippen molar-refractivity contribution in [2.45, 2.75) is 11.4 Å². The minimum atomic E-state index is -0.410. The molecule has 0 atom stereocenters. The van der Waals surface area contributed by atoms with Gasteiger partial charge in [-0.25, -0.2) is 9.37 Å². The molecular weight excluding hydrogens is 517 g/mol. The molecule has 0 aliphatic carbocycles. The third-order valence-corrected chi connectivity index (χ3v) is 7.30. The molecule has 0 fully saturated rings. The Hall–Kier alpha value is -3.37. The SMILES string of the molecule is CNCc1ccc(-c2cc(-c3ccoc3)c(Nc3cc(F)c(SNc4nccs4)cc3Cl)cn2)cc1. The number of benzene rings is 2. The van der Waals surface area contributed by atoms with Gasteiger partial charge in [0.2, 0.25) is 0 Å². The van der Waals surface area contributed by atoms with Gasteiger partial charge in [-0.15, -0.1) is 11.3 Å². The lowest BCUT2D eigenvalue weighted by Gasteiger charge is -2.15. The molecule has 5 aromatic rings. The highest BCUT2D eigenvalue weighted by Gasteiger charge is 2.15. The molecular formula is C26H21ClFN5OS2. The van der Waals surface area contributed by atoms with Gasteiger partial charge in [-0.1, -0.05) is 35.9 Å². The summed E-state index contributed by atoms with van der Waals surface area (Å²) in [7, 11) is 1.92. The second kappa shape index (κ2) is 11.1. The maximum atomic E-state index is 14.9. The first kappa shape index (κ1) is 24.3. The van der Waals surface area contributed by atoms with Gasteiger partial charge >= 0.3 is 0 Å². The highest BCUT2D eigenvalue weighted by atomic mass is 35.5. The molecule has 3 aromatic heterocycles. The van der Waals surface area contributed by atoms with Crippen LogP contribution < -0.4 is 15.4 Å². The molecule has 182 valence electrons. The van der Waals surface area contributed by atoms with E-state index in [1.165, 1.54) is 23.0 Å². The summed E-state index contributed by atoms with van der Waals surface area (Å²) in [6.07, 6.45) is 6.67. The Labute approximate surface area is 221 Å². The Morgan fingerprint density at radius 3 is 2.64 bits per heavy atom. The summed E-state index contributed by atoms with van der Waals surface area (Å²) in [5.41, 5.74) is 5.82. The van der Waals surface area contributed by atoms with Crippen LogP contribution in [0.3, 0.4) is 0 Å². The number of furan rings is 1. The van der Waals surface area contributed by atoms with Crippen LogP contribution in [-0.2, 0) is 6.54 Å². The Bertz CT molecular complexity index is 1440. The van der Waals surface area contributed by atoms with Crippen LogP contribution in [0.5, 0.6) is 0 Å². The molecule has 2 aromatic carbocycles. The molecule has 0 spiro atoms. The quantitative estimate of drug-likeness (QED) is 0.165. The first-order chi connectivity index (χ1) is 17.6. The van der Waals surface area contributed by atoms with Crippen LogP contribution in [0, 0.1) is 5.82 Å². The molecule has 0 saturated heterocycles. The van der Waals surface area contributed by atoms with Gasteiger partial charge in [-0.2, -0.15) is 0 Å². The van der Waals surface area contributed by atoms with Crippen molar-refractivity contribution in [1.82, 2.24) is 15.3 Å². The summed E-state index contributed by atoms with van der Waals surface area (Å²) in [5.74, 6) is -0.410. The maximum Gasteiger partial charge on any atom is 0.192 e. The van der Waals surface area contributed by atoms with Gasteiger partial charge in [0.1, 0.15) is 5.82 Å². The predicted molar refractivity (Wildman–Crippen MR) is 146 cm³/mol. The highest BCUT2D eigenvalue weighted by Crippen LogP contribution is 2.37. The number of nitrogens with zero attached hydrogens (tertiary/aromatic N) is 2. The van der Waals surface area contributed by atoms with E-state index in [4.69, 9.17) is 16.0 Å². The summed E-state index contributed by atoms with van der Waals surface area (Å²) >= 11 is 9.08. The standard InChI is InChI=1S/C26H21ClFN5OS2/c1-29-13-16-2-4-17(5-3-16)22-10-19(18-6-8-34-15-18)24(14-31-22)32-23-12-21(28)25(11-20(23)27)36-33-26-30-7-9-35-26/h2-12,14-15,29,32H,13H2,1H3,(H,30,33). The Kier molecular flexibility index (Phi) is 7.52. The van der Waals surface area contributed by atoms with Crippen LogP contribution in [0.1, 0.15) is 5.56 Å². The van der Waals surface area contributed by atoms with Gasteiger partial charge in [-0.3, -0.25) is 4.98 Å². The molecule has 36 heavy (non-hydrogen) atoms. The number of aromatic nitrogens is 2. The van der Waals surface area contributed by atoms with Crippen molar-refractivity contribution in [3.05, 3.63) is 95.2 Å². The first-order valence-corrected chi connectivity index (χ1v) is 13.0. The highest BCUT2D eigenvalue weighted by molar-refractivity contribution is 8.00. The van der Waals surface area contributed by atoms with E-state index in [1.807, 2.05) is 36.7 Å².